The number of benzene rings is 1. The summed E-state index contributed by atoms with van der Waals surface area (Å²) in [6.07, 6.45) is 3.41. The molecule has 3 heteroatoms. The number of nitrogens with zero attached hydrogens (tertiary/aromatic N) is 2. The second-order valence-corrected chi connectivity index (χ2v) is 4.06. The summed E-state index contributed by atoms with van der Waals surface area (Å²) >= 11 is 0. The van der Waals surface area contributed by atoms with Crippen molar-refractivity contribution in [1.82, 2.24) is 4.90 Å². The summed E-state index contributed by atoms with van der Waals surface area (Å²) in [6, 6.07) is 8.03. The van der Waals surface area contributed by atoms with Crippen LogP contribution in [0, 0.1) is 0 Å². The first kappa shape index (κ1) is 12.3. The zero-order valence-electron chi connectivity index (χ0n) is 10.3. The van der Waals surface area contributed by atoms with Crippen LogP contribution in [0.15, 0.2) is 30.3 Å². The molecular formula is C13H18N2O. The Morgan fingerprint density at radius 3 is 2.44 bits per heavy atom. The highest BCUT2D eigenvalue weighted by Crippen LogP contribution is 2.14. The minimum Gasteiger partial charge on any atom is -0.378 e. The Morgan fingerprint density at radius 1 is 1.19 bits per heavy atom. The highest BCUT2D eigenvalue weighted by molar-refractivity contribution is 5.91. The monoisotopic (exact) mass is 218 g/mol. The van der Waals surface area contributed by atoms with Gasteiger partial charge in [0, 0.05) is 40.0 Å². The maximum Gasteiger partial charge on any atom is 0.246 e. The lowest BCUT2D eigenvalue weighted by Gasteiger charge is -2.12. The fourth-order valence-corrected chi connectivity index (χ4v) is 1.22. The van der Waals surface area contributed by atoms with Crippen LogP contribution in [0.4, 0.5) is 5.69 Å². The van der Waals surface area contributed by atoms with Crippen molar-refractivity contribution in [1.29, 1.82) is 0 Å². The topological polar surface area (TPSA) is 23.6 Å². The van der Waals surface area contributed by atoms with Gasteiger partial charge < -0.3 is 9.80 Å². The summed E-state index contributed by atoms with van der Waals surface area (Å²) in [5.41, 5.74) is 2.15. The average molecular weight is 218 g/mol. The van der Waals surface area contributed by atoms with Gasteiger partial charge in [0.1, 0.15) is 0 Å². The predicted molar refractivity (Wildman–Crippen MR) is 68.5 cm³/mol. The molecule has 0 atom stereocenters. The summed E-state index contributed by atoms with van der Waals surface area (Å²) in [4.78, 5) is 14.9. The second kappa shape index (κ2) is 5.35. The third-order valence-electron chi connectivity index (χ3n) is 2.25. The number of rotatable bonds is 3. The van der Waals surface area contributed by atoms with Gasteiger partial charge in [-0.3, -0.25) is 4.79 Å². The van der Waals surface area contributed by atoms with Gasteiger partial charge in [-0.2, -0.15) is 0 Å². The van der Waals surface area contributed by atoms with Crippen LogP contribution in [0.3, 0.4) is 0 Å². The van der Waals surface area contributed by atoms with Gasteiger partial charge in [0.15, 0.2) is 0 Å². The number of carbonyl (C=O) groups excluding carboxylic acids is 1. The molecule has 1 aromatic carbocycles. The largest absolute Gasteiger partial charge is 0.378 e. The van der Waals surface area contributed by atoms with Crippen LogP contribution in [0.5, 0.6) is 0 Å². The van der Waals surface area contributed by atoms with E-state index in [1.54, 1.807) is 25.1 Å². The zero-order chi connectivity index (χ0) is 12.1. The van der Waals surface area contributed by atoms with Crippen molar-refractivity contribution in [2.75, 3.05) is 33.1 Å². The summed E-state index contributed by atoms with van der Waals surface area (Å²) in [5.74, 6) is -0.00439. The fraction of sp³-hybridized carbons (Fsp3) is 0.308. The van der Waals surface area contributed by atoms with Crippen LogP contribution in [0.25, 0.3) is 6.08 Å². The fourth-order valence-electron chi connectivity index (χ4n) is 1.22. The molecule has 0 saturated heterocycles. The Hall–Kier alpha value is -1.77. The molecule has 0 aliphatic heterocycles. The van der Waals surface area contributed by atoms with Crippen molar-refractivity contribution >= 4 is 17.7 Å². The van der Waals surface area contributed by atoms with Crippen molar-refractivity contribution < 1.29 is 4.79 Å². The molecule has 1 aromatic rings. The van der Waals surface area contributed by atoms with Crippen LogP contribution in [-0.2, 0) is 4.79 Å². The molecule has 86 valence electrons. The molecule has 0 bridgehead atoms. The minimum atomic E-state index is -0.00439. The molecule has 0 N–H and O–H groups in total. The summed E-state index contributed by atoms with van der Waals surface area (Å²) < 4.78 is 0. The molecule has 3 nitrogen and oxygen atoms in total. The number of hydrogen-bond acceptors (Lipinski definition) is 2. The number of anilines is 1. The lowest BCUT2D eigenvalue weighted by atomic mass is 10.2. The van der Waals surface area contributed by atoms with Crippen molar-refractivity contribution in [2.45, 2.75) is 0 Å². The zero-order valence-corrected chi connectivity index (χ0v) is 10.3. The van der Waals surface area contributed by atoms with Crippen LogP contribution < -0.4 is 4.90 Å². The lowest BCUT2D eigenvalue weighted by Crippen LogP contribution is -2.18. The third-order valence-corrected chi connectivity index (χ3v) is 2.25. The van der Waals surface area contributed by atoms with E-state index in [2.05, 4.69) is 0 Å². The molecule has 0 fully saturated rings. The highest BCUT2D eigenvalue weighted by Gasteiger charge is 1.98. The Bertz CT molecular complexity index is 395. The Kier molecular flexibility index (Phi) is 4.11. The second-order valence-electron chi connectivity index (χ2n) is 4.06. The SMILES string of the molecule is CN(C)C(=O)/C=C/c1cccc(N(C)C)c1. The van der Waals surface area contributed by atoms with Gasteiger partial charge in [-0.05, 0) is 23.8 Å². The van der Waals surface area contributed by atoms with E-state index in [-0.39, 0.29) is 5.91 Å². The molecule has 0 aliphatic carbocycles. The number of amides is 1. The third kappa shape index (κ3) is 3.42. The molecule has 0 aromatic heterocycles. The highest BCUT2D eigenvalue weighted by atomic mass is 16.2. The maximum absolute atomic E-state index is 11.4. The smallest absolute Gasteiger partial charge is 0.246 e. The molecule has 0 aliphatic rings. The molecular weight excluding hydrogens is 200 g/mol. The van der Waals surface area contributed by atoms with Crippen LogP contribution in [0.1, 0.15) is 5.56 Å². The maximum atomic E-state index is 11.4. The lowest BCUT2D eigenvalue weighted by molar-refractivity contribution is -0.123. The molecule has 1 amide bonds. The van der Waals surface area contributed by atoms with Gasteiger partial charge in [0.2, 0.25) is 5.91 Å². The van der Waals surface area contributed by atoms with E-state index in [1.165, 1.54) is 0 Å². The normalized spacial score (nSPS) is 10.5. The quantitative estimate of drug-likeness (QED) is 0.723. The van der Waals surface area contributed by atoms with Gasteiger partial charge in [-0.25, -0.2) is 0 Å². The first-order chi connectivity index (χ1) is 7.50. The first-order valence-corrected chi connectivity index (χ1v) is 5.17. The van der Waals surface area contributed by atoms with Gasteiger partial charge in [-0.15, -0.1) is 0 Å². The molecule has 0 spiro atoms. The van der Waals surface area contributed by atoms with Gasteiger partial charge in [-0.1, -0.05) is 12.1 Å². The van der Waals surface area contributed by atoms with Crippen LogP contribution in [0.2, 0.25) is 0 Å². The summed E-state index contributed by atoms with van der Waals surface area (Å²) in [7, 11) is 7.47. The minimum absolute atomic E-state index is 0.00439. The number of likely N-dealkylation sites (N-methyl/N-ethyl adjacent to an activating group) is 1. The van der Waals surface area contributed by atoms with Crippen molar-refractivity contribution in [2.24, 2.45) is 0 Å². The van der Waals surface area contributed by atoms with E-state index in [0.29, 0.717) is 0 Å². The summed E-state index contributed by atoms with van der Waals surface area (Å²) in [6.45, 7) is 0. The molecule has 0 heterocycles. The molecule has 16 heavy (non-hydrogen) atoms. The Balaban J connectivity index is 2.82. The van der Waals surface area contributed by atoms with E-state index in [1.807, 2.05) is 49.3 Å². The van der Waals surface area contributed by atoms with Crippen molar-refractivity contribution in [3.8, 4) is 0 Å². The molecule has 0 saturated carbocycles. The number of hydrogen-bond donors (Lipinski definition) is 0. The Morgan fingerprint density at radius 2 is 1.88 bits per heavy atom. The summed E-state index contributed by atoms with van der Waals surface area (Å²) in [5, 5.41) is 0. The van der Waals surface area contributed by atoms with E-state index in [0.717, 1.165) is 11.3 Å². The molecule has 0 unspecified atom stereocenters. The van der Waals surface area contributed by atoms with E-state index in [9.17, 15) is 4.79 Å². The van der Waals surface area contributed by atoms with Gasteiger partial charge in [0.25, 0.3) is 0 Å². The van der Waals surface area contributed by atoms with Gasteiger partial charge in [0.05, 0.1) is 0 Å². The van der Waals surface area contributed by atoms with Crippen molar-refractivity contribution in [3.63, 3.8) is 0 Å². The van der Waals surface area contributed by atoms with E-state index >= 15 is 0 Å². The predicted octanol–water partition coefficient (Wildman–Crippen LogP) is 1.85. The van der Waals surface area contributed by atoms with E-state index in [4.69, 9.17) is 0 Å². The molecule has 0 radical (unpaired) electrons. The van der Waals surface area contributed by atoms with Crippen LogP contribution >= 0.6 is 0 Å². The molecule has 1 rings (SSSR count). The average Bonchev–Trinajstić information content (AvgIpc) is 2.26. The number of carbonyl (C=O) groups is 1. The van der Waals surface area contributed by atoms with Gasteiger partial charge >= 0.3 is 0 Å². The standard InChI is InChI=1S/C13H18N2O/c1-14(2)12-7-5-6-11(10-12)8-9-13(16)15(3)4/h5-10H,1-4H3/b9-8+. The van der Waals surface area contributed by atoms with Crippen molar-refractivity contribution in [3.05, 3.63) is 35.9 Å². The van der Waals surface area contributed by atoms with E-state index < -0.39 is 0 Å². The van der Waals surface area contributed by atoms with Crippen LogP contribution in [-0.4, -0.2) is 39.0 Å². The Labute approximate surface area is 97.0 Å². The first-order valence-electron chi connectivity index (χ1n) is 5.17.